The summed E-state index contributed by atoms with van der Waals surface area (Å²) in [6.45, 7) is 2.14. The van der Waals surface area contributed by atoms with Gasteiger partial charge >= 0.3 is 0 Å². The van der Waals surface area contributed by atoms with Crippen LogP contribution in [0, 0.1) is 5.92 Å². The standard InChI is InChI=1S/C12H16N4O2/c1-8-5-10(17)16(11(18)6-8)7-9-3-4-14-12(13-2)15-9/h3-4,8H,5-7H2,1-2H3,(H,13,14,15). The van der Waals surface area contributed by atoms with E-state index in [0.717, 1.165) is 0 Å². The highest BCUT2D eigenvalue weighted by atomic mass is 16.2. The van der Waals surface area contributed by atoms with Gasteiger partial charge in [-0.05, 0) is 12.0 Å². The lowest BCUT2D eigenvalue weighted by Crippen LogP contribution is -2.42. The van der Waals surface area contributed by atoms with Crippen LogP contribution < -0.4 is 5.32 Å². The maximum atomic E-state index is 11.8. The van der Waals surface area contributed by atoms with Crippen molar-refractivity contribution in [1.29, 1.82) is 0 Å². The Bertz CT molecular complexity index is 457. The van der Waals surface area contributed by atoms with Crippen LogP contribution in [-0.2, 0) is 16.1 Å². The maximum Gasteiger partial charge on any atom is 0.229 e. The minimum atomic E-state index is -0.122. The molecule has 1 aromatic rings. The summed E-state index contributed by atoms with van der Waals surface area (Å²) in [5, 5.41) is 2.82. The molecule has 2 rings (SSSR count). The third-order valence-corrected chi connectivity index (χ3v) is 2.91. The van der Waals surface area contributed by atoms with Crippen molar-refractivity contribution in [2.75, 3.05) is 12.4 Å². The smallest absolute Gasteiger partial charge is 0.229 e. The number of aromatic nitrogens is 2. The summed E-state index contributed by atoms with van der Waals surface area (Å²) in [5.41, 5.74) is 0.658. The van der Waals surface area contributed by atoms with Gasteiger partial charge in [0, 0.05) is 26.1 Å². The maximum absolute atomic E-state index is 11.8. The van der Waals surface area contributed by atoms with Gasteiger partial charge in [0.1, 0.15) is 0 Å². The lowest BCUT2D eigenvalue weighted by atomic mass is 9.98. The summed E-state index contributed by atoms with van der Waals surface area (Å²) in [5.74, 6) is 0.379. The monoisotopic (exact) mass is 248 g/mol. The van der Waals surface area contributed by atoms with E-state index in [0.29, 0.717) is 24.5 Å². The molecule has 2 amide bonds. The van der Waals surface area contributed by atoms with E-state index in [4.69, 9.17) is 0 Å². The average molecular weight is 248 g/mol. The molecule has 1 saturated heterocycles. The molecule has 1 aromatic heterocycles. The molecule has 0 radical (unpaired) electrons. The quantitative estimate of drug-likeness (QED) is 0.801. The summed E-state index contributed by atoms with van der Waals surface area (Å²) in [6.07, 6.45) is 2.46. The van der Waals surface area contributed by atoms with Gasteiger partial charge in [-0.1, -0.05) is 6.92 Å². The Kier molecular flexibility index (Phi) is 3.55. The van der Waals surface area contributed by atoms with E-state index in [9.17, 15) is 9.59 Å². The highest BCUT2D eigenvalue weighted by Crippen LogP contribution is 2.20. The van der Waals surface area contributed by atoms with Crippen molar-refractivity contribution < 1.29 is 9.59 Å². The molecular weight excluding hydrogens is 232 g/mol. The topological polar surface area (TPSA) is 75.2 Å². The summed E-state index contributed by atoms with van der Waals surface area (Å²) in [4.78, 5) is 33.1. The van der Waals surface area contributed by atoms with Gasteiger partial charge in [-0.25, -0.2) is 9.97 Å². The molecule has 18 heavy (non-hydrogen) atoms. The molecule has 6 heteroatoms. The number of hydrogen-bond acceptors (Lipinski definition) is 5. The van der Waals surface area contributed by atoms with Crippen LogP contribution in [0.1, 0.15) is 25.5 Å². The number of carbonyl (C=O) groups excluding carboxylic acids is 2. The lowest BCUT2D eigenvalue weighted by Gasteiger charge is -2.27. The molecule has 1 N–H and O–H groups in total. The molecule has 1 fully saturated rings. The molecule has 0 saturated carbocycles. The van der Waals surface area contributed by atoms with Crippen molar-refractivity contribution in [1.82, 2.24) is 14.9 Å². The summed E-state index contributed by atoms with van der Waals surface area (Å²) in [6, 6.07) is 1.71. The second-order valence-corrected chi connectivity index (χ2v) is 4.51. The zero-order valence-electron chi connectivity index (χ0n) is 10.5. The Hall–Kier alpha value is -1.98. The number of nitrogens with zero attached hydrogens (tertiary/aromatic N) is 3. The number of likely N-dealkylation sites (tertiary alicyclic amines) is 1. The molecule has 1 aliphatic heterocycles. The van der Waals surface area contributed by atoms with Gasteiger partial charge in [0.2, 0.25) is 17.8 Å². The molecule has 2 heterocycles. The van der Waals surface area contributed by atoms with Crippen LogP contribution in [0.3, 0.4) is 0 Å². The normalized spacial score (nSPS) is 17.1. The van der Waals surface area contributed by atoms with Gasteiger partial charge in [-0.3, -0.25) is 14.5 Å². The van der Waals surface area contributed by atoms with E-state index in [1.807, 2.05) is 6.92 Å². The first-order valence-electron chi connectivity index (χ1n) is 5.93. The van der Waals surface area contributed by atoms with Crippen molar-refractivity contribution in [2.24, 2.45) is 5.92 Å². The number of anilines is 1. The Balaban J connectivity index is 2.12. The Morgan fingerprint density at radius 2 is 2.06 bits per heavy atom. The highest BCUT2D eigenvalue weighted by molar-refractivity contribution is 5.97. The van der Waals surface area contributed by atoms with Gasteiger partial charge in [0.05, 0.1) is 12.2 Å². The minimum absolute atomic E-state index is 0.122. The lowest BCUT2D eigenvalue weighted by molar-refractivity contribution is -0.150. The predicted octanol–water partition coefficient (Wildman–Crippen LogP) is 0.803. The molecule has 6 nitrogen and oxygen atoms in total. The van der Waals surface area contributed by atoms with Gasteiger partial charge in [-0.2, -0.15) is 0 Å². The molecule has 0 aliphatic carbocycles. The fraction of sp³-hybridized carbons (Fsp3) is 0.500. The van der Waals surface area contributed by atoms with E-state index in [1.165, 1.54) is 4.90 Å². The molecule has 1 aliphatic rings. The largest absolute Gasteiger partial charge is 0.357 e. The predicted molar refractivity (Wildman–Crippen MR) is 65.5 cm³/mol. The highest BCUT2D eigenvalue weighted by Gasteiger charge is 2.30. The summed E-state index contributed by atoms with van der Waals surface area (Å²) in [7, 11) is 1.72. The van der Waals surface area contributed by atoms with Crippen LogP contribution in [0.25, 0.3) is 0 Å². The first-order chi connectivity index (χ1) is 8.60. The number of imide groups is 1. The SMILES string of the molecule is CNc1nccc(CN2C(=O)CC(C)CC2=O)n1. The van der Waals surface area contributed by atoms with Crippen molar-refractivity contribution >= 4 is 17.8 Å². The fourth-order valence-electron chi connectivity index (χ4n) is 1.97. The van der Waals surface area contributed by atoms with E-state index in [2.05, 4.69) is 15.3 Å². The van der Waals surface area contributed by atoms with Gasteiger partial charge < -0.3 is 5.32 Å². The average Bonchev–Trinajstić information content (AvgIpc) is 2.34. The van der Waals surface area contributed by atoms with E-state index in [1.54, 1.807) is 19.3 Å². The second-order valence-electron chi connectivity index (χ2n) is 4.51. The number of rotatable bonds is 3. The van der Waals surface area contributed by atoms with Gasteiger partial charge in [0.15, 0.2) is 0 Å². The molecule has 0 unspecified atom stereocenters. The number of hydrogen-bond donors (Lipinski definition) is 1. The molecule has 0 aromatic carbocycles. The molecule has 0 bridgehead atoms. The minimum Gasteiger partial charge on any atom is -0.357 e. The third kappa shape index (κ3) is 2.64. The summed E-state index contributed by atoms with van der Waals surface area (Å²) >= 11 is 0. The Morgan fingerprint density at radius 1 is 1.39 bits per heavy atom. The number of amides is 2. The summed E-state index contributed by atoms with van der Waals surface area (Å²) < 4.78 is 0. The molecule has 0 spiro atoms. The van der Waals surface area contributed by atoms with Crippen LogP contribution in [0.15, 0.2) is 12.3 Å². The molecular formula is C12H16N4O2. The van der Waals surface area contributed by atoms with Crippen molar-refractivity contribution in [3.05, 3.63) is 18.0 Å². The zero-order valence-corrected chi connectivity index (χ0v) is 10.5. The van der Waals surface area contributed by atoms with Crippen LogP contribution >= 0.6 is 0 Å². The van der Waals surface area contributed by atoms with Gasteiger partial charge in [0.25, 0.3) is 0 Å². The van der Waals surface area contributed by atoms with E-state index < -0.39 is 0 Å². The second kappa shape index (κ2) is 5.12. The number of nitrogens with one attached hydrogen (secondary N) is 1. The van der Waals surface area contributed by atoms with E-state index >= 15 is 0 Å². The van der Waals surface area contributed by atoms with Gasteiger partial charge in [-0.15, -0.1) is 0 Å². The van der Waals surface area contributed by atoms with E-state index in [-0.39, 0.29) is 24.3 Å². The van der Waals surface area contributed by atoms with Crippen LogP contribution in [0.5, 0.6) is 0 Å². The number of carbonyl (C=O) groups is 2. The Morgan fingerprint density at radius 3 is 2.67 bits per heavy atom. The van der Waals surface area contributed by atoms with Crippen LogP contribution in [0.4, 0.5) is 5.95 Å². The van der Waals surface area contributed by atoms with Crippen molar-refractivity contribution in [3.63, 3.8) is 0 Å². The van der Waals surface area contributed by atoms with Crippen molar-refractivity contribution in [2.45, 2.75) is 26.3 Å². The first-order valence-corrected chi connectivity index (χ1v) is 5.93. The first kappa shape index (κ1) is 12.5. The van der Waals surface area contributed by atoms with Crippen molar-refractivity contribution in [3.8, 4) is 0 Å². The van der Waals surface area contributed by atoms with Crippen LogP contribution in [0.2, 0.25) is 0 Å². The molecule has 0 atom stereocenters. The fourth-order valence-corrected chi connectivity index (χ4v) is 1.97. The number of piperidine rings is 1. The zero-order chi connectivity index (χ0) is 13.1. The Labute approximate surface area is 105 Å². The van der Waals surface area contributed by atoms with Crippen LogP contribution in [-0.4, -0.2) is 33.7 Å². The molecule has 96 valence electrons. The third-order valence-electron chi connectivity index (χ3n) is 2.91.